The van der Waals surface area contributed by atoms with E-state index in [2.05, 4.69) is 27.7 Å². The van der Waals surface area contributed by atoms with Gasteiger partial charge in [0.2, 0.25) is 0 Å². The molecule has 0 heterocycles. The van der Waals surface area contributed by atoms with Crippen molar-refractivity contribution < 1.29 is 11.4 Å². The maximum absolute atomic E-state index is 2.27. The highest BCUT2D eigenvalue weighted by Gasteiger charge is 2.16. The number of nitrogens with zero attached hydrogens (tertiary/aromatic N) is 1. The molecule has 0 rings (SSSR count). The third kappa shape index (κ3) is 2.67. The summed E-state index contributed by atoms with van der Waals surface area (Å²) in [6.45, 7) is 14.2. The van der Waals surface area contributed by atoms with Gasteiger partial charge in [0.1, 0.15) is 0 Å². The predicted molar refractivity (Wildman–Crippen MR) is 44.2 cm³/mol. The van der Waals surface area contributed by atoms with Crippen LogP contribution in [0.4, 0.5) is 0 Å². The van der Waals surface area contributed by atoms with Crippen LogP contribution in [-0.2, 0) is 5.48 Å². The molecule has 0 aromatic carbocycles. The standard InChI is InChI=1S/C8H20N.O/c1-5-9(6-2,7-3)8-4;/h5-8H2,1-4H3;/q+1;-2/p+1. The van der Waals surface area contributed by atoms with Crippen molar-refractivity contribution in [3.05, 3.63) is 0 Å². The van der Waals surface area contributed by atoms with Gasteiger partial charge >= 0.3 is 1.43 Å². The van der Waals surface area contributed by atoms with Crippen molar-refractivity contribution in [3.8, 4) is 0 Å². The lowest BCUT2D eigenvalue weighted by atomic mass is 10.3. The van der Waals surface area contributed by atoms with E-state index < -0.39 is 0 Å². The normalized spacial score (nSPS) is 10.8. The SMILES string of the molecule is CC[N+](CC)(CC)CC.[H+].[O-2]. The molecule has 0 aliphatic heterocycles. The van der Waals surface area contributed by atoms with Gasteiger partial charge in [0.05, 0.1) is 26.2 Å². The summed E-state index contributed by atoms with van der Waals surface area (Å²) in [7, 11) is 0. The Morgan fingerprint density at radius 3 is 1.00 bits per heavy atom. The number of rotatable bonds is 4. The Kier molecular flexibility index (Phi) is 7.15. The Hall–Kier alpha value is -0.0800. The molecule has 0 amide bonds. The van der Waals surface area contributed by atoms with E-state index in [1.54, 1.807) is 0 Å². The van der Waals surface area contributed by atoms with Crippen LogP contribution in [0.3, 0.4) is 0 Å². The molecule has 64 valence electrons. The van der Waals surface area contributed by atoms with Crippen molar-refractivity contribution in [3.63, 3.8) is 0 Å². The molecule has 2 nitrogen and oxygen atoms in total. The smallest absolute Gasteiger partial charge is 1.00 e. The van der Waals surface area contributed by atoms with Crippen LogP contribution in [0.15, 0.2) is 0 Å². The lowest BCUT2D eigenvalue weighted by molar-refractivity contribution is -0.921. The molecule has 0 atom stereocenters. The molecule has 0 fully saturated rings. The summed E-state index contributed by atoms with van der Waals surface area (Å²) < 4.78 is 1.28. The van der Waals surface area contributed by atoms with Crippen molar-refractivity contribution in [2.45, 2.75) is 27.7 Å². The van der Waals surface area contributed by atoms with Crippen LogP contribution >= 0.6 is 0 Å². The van der Waals surface area contributed by atoms with E-state index in [4.69, 9.17) is 0 Å². The van der Waals surface area contributed by atoms with Gasteiger partial charge in [-0.1, -0.05) is 0 Å². The summed E-state index contributed by atoms with van der Waals surface area (Å²) in [6.07, 6.45) is 0. The molecule has 0 saturated heterocycles. The van der Waals surface area contributed by atoms with E-state index in [9.17, 15) is 0 Å². The topological polar surface area (TPSA) is 28.5 Å². The fourth-order valence-electron chi connectivity index (χ4n) is 1.34. The van der Waals surface area contributed by atoms with Crippen molar-refractivity contribution in [2.24, 2.45) is 0 Å². The summed E-state index contributed by atoms with van der Waals surface area (Å²) >= 11 is 0. The second kappa shape index (κ2) is 5.69. The Morgan fingerprint density at radius 2 is 1.00 bits per heavy atom. The average Bonchev–Trinajstić information content (AvgIpc) is 1.95. The van der Waals surface area contributed by atoms with E-state index in [1.807, 2.05) is 0 Å². The van der Waals surface area contributed by atoms with Crippen LogP contribution in [0.2, 0.25) is 0 Å². The first-order valence-electron chi connectivity index (χ1n) is 4.09. The van der Waals surface area contributed by atoms with Crippen LogP contribution < -0.4 is 0 Å². The van der Waals surface area contributed by atoms with Crippen molar-refractivity contribution >= 4 is 0 Å². The highest BCUT2D eigenvalue weighted by molar-refractivity contribution is 4.31. The maximum Gasteiger partial charge on any atom is 1.00 e. The third-order valence-electron chi connectivity index (χ3n) is 2.68. The molecule has 0 N–H and O–H groups in total. The first-order chi connectivity index (χ1) is 4.24. The molecule has 0 aliphatic carbocycles. The zero-order valence-electron chi connectivity index (χ0n) is 8.68. The quantitative estimate of drug-likeness (QED) is 0.543. The highest BCUT2D eigenvalue weighted by Crippen LogP contribution is 2.03. The first-order valence-corrected chi connectivity index (χ1v) is 4.09. The molecule has 0 aromatic rings. The minimum atomic E-state index is 0. The average molecular weight is 147 g/mol. The van der Waals surface area contributed by atoms with E-state index in [0.717, 1.165) is 0 Å². The van der Waals surface area contributed by atoms with Gasteiger partial charge in [0, 0.05) is 0 Å². The molecule has 0 aliphatic rings. The van der Waals surface area contributed by atoms with Crippen molar-refractivity contribution in [1.82, 2.24) is 0 Å². The summed E-state index contributed by atoms with van der Waals surface area (Å²) in [5, 5.41) is 0. The van der Waals surface area contributed by atoms with Gasteiger partial charge in [-0.25, -0.2) is 0 Å². The Balaban J connectivity index is -0.000000320. The first kappa shape index (κ1) is 12.6. The van der Waals surface area contributed by atoms with Gasteiger partial charge < -0.3 is 9.96 Å². The summed E-state index contributed by atoms with van der Waals surface area (Å²) in [5.41, 5.74) is 0. The van der Waals surface area contributed by atoms with Gasteiger partial charge in [-0.3, -0.25) is 0 Å². The van der Waals surface area contributed by atoms with E-state index in [-0.39, 0.29) is 6.90 Å². The number of quaternary nitrogens is 1. The number of hydrogen-bond acceptors (Lipinski definition) is 0. The lowest BCUT2D eigenvalue weighted by Gasteiger charge is -2.34. The van der Waals surface area contributed by atoms with Crippen molar-refractivity contribution in [2.75, 3.05) is 26.2 Å². The molecular formula is C8H21NO. The Bertz CT molecular complexity index is 57.0. The zero-order chi connectivity index (χ0) is 7.33. The fourth-order valence-corrected chi connectivity index (χ4v) is 1.34. The van der Waals surface area contributed by atoms with E-state index >= 15 is 0 Å². The predicted octanol–water partition coefficient (Wildman–Crippen LogP) is 1.88. The van der Waals surface area contributed by atoms with Gasteiger partial charge in [-0.2, -0.15) is 0 Å². The summed E-state index contributed by atoms with van der Waals surface area (Å²) in [5.74, 6) is 0. The molecule has 2 heteroatoms. The molecule has 0 bridgehead atoms. The molecule has 10 heavy (non-hydrogen) atoms. The molecular weight excluding hydrogens is 126 g/mol. The summed E-state index contributed by atoms with van der Waals surface area (Å²) in [6, 6.07) is 0. The summed E-state index contributed by atoms with van der Waals surface area (Å²) in [4.78, 5) is 0. The van der Waals surface area contributed by atoms with Crippen LogP contribution in [0.1, 0.15) is 29.1 Å². The molecule has 0 spiro atoms. The molecule has 0 saturated carbocycles. The van der Waals surface area contributed by atoms with Crippen LogP contribution in [0.25, 0.3) is 0 Å². The van der Waals surface area contributed by atoms with Crippen molar-refractivity contribution in [1.29, 1.82) is 0 Å². The minimum absolute atomic E-state index is 0. The van der Waals surface area contributed by atoms with E-state index in [0.29, 0.717) is 0 Å². The zero-order valence-corrected chi connectivity index (χ0v) is 7.68. The van der Waals surface area contributed by atoms with Gasteiger partial charge in [0.25, 0.3) is 0 Å². The van der Waals surface area contributed by atoms with Gasteiger partial charge in [-0.15, -0.1) is 0 Å². The molecule has 0 aromatic heterocycles. The lowest BCUT2D eigenvalue weighted by Crippen LogP contribution is -2.47. The van der Waals surface area contributed by atoms with Crippen LogP contribution in [0, 0.1) is 0 Å². The monoisotopic (exact) mass is 147 g/mol. The maximum atomic E-state index is 2.27. The Morgan fingerprint density at radius 1 is 0.800 bits per heavy atom. The molecule has 0 radical (unpaired) electrons. The van der Waals surface area contributed by atoms with Gasteiger partial charge in [0.15, 0.2) is 0 Å². The van der Waals surface area contributed by atoms with Crippen LogP contribution in [-0.4, -0.2) is 30.7 Å². The minimum Gasteiger partial charge on any atom is -2.00 e. The highest BCUT2D eigenvalue weighted by atomic mass is 16.0. The van der Waals surface area contributed by atoms with Gasteiger partial charge in [-0.05, 0) is 27.7 Å². The number of hydrogen-bond donors (Lipinski definition) is 0. The van der Waals surface area contributed by atoms with E-state index in [1.165, 1.54) is 30.7 Å². The second-order valence-electron chi connectivity index (χ2n) is 2.61. The molecule has 0 unspecified atom stereocenters. The fraction of sp³-hybridized carbons (Fsp3) is 1.00. The van der Waals surface area contributed by atoms with Crippen LogP contribution in [0.5, 0.6) is 0 Å². The third-order valence-corrected chi connectivity index (χ3v) is 2.68. The second-order valence-corrected chi connectivity index (χ2v) is 2.61. The Labute approximate surface area is 66.2 Å². The largest absolute Gasteiger partial charge is 2.00 e.